The number of amides is 1. The van der Waals surface area contributed by atoms with Gasteiger partial charge in [0.2, 0.25) is 5.91 Å². The molecule has 2 aromatic rings. The van der Waals surface area contributed by atoms with Crippen LogP contribution in [0.15, 0.2) is 34.8 Å². The van der Waals surface area contributed by atoms with Gasteiger partial charge in [-0.1, -0.05) is 29.3 Å². The Morgan fingerprint density at radius 1 is 1.24 bits per heavy atom. The molecule has 0 bridgehead atoms. The molecule has 0 aliphatic heterocycles. The molecular formula is C14H10BrCl2FN2O. The molecule has 21 heavy (non-hydrogen) atoms. The fourth-order valence-corrected chi connectivity index (χ4v) is 2.95. The van der Waals surface area contributed by atoms with Crippen LogP contribution >= 0.6 is 39.1 Å². The van der Waals surface area contributed by atoms with Crippen LogP contribution in [0.2, 0.25) is 10.0 Å². The van der Waals surface area contributed by atoms with E-state index in [1.165, 1.54) is 18.2 Å². The number of hydrogen-bond acceptors (Lipinski definition) is 2. The number of carbonyl (C=O) groups is 1. The van der Waals surface area contributed by atoms with Gasteiger partial charge in [0.1, 0.15) is 5.82 Å². The quantitative estimate of drug-likeness (QED) is 0.799. The number of nitrogens with one attached hydrogen (secondary N) is 1. The lowest BCUT2D eigenvalue weighted by Gasteiger charge is -2.12. The van der Waals surface area contributed by atoms with Gasteiger partial charge >= 0.3 is 0 Å². The van der Waals surface area contributed by atoms with E-state index in [4.69, 9.17) is 28.9 Å². The summed E-state index contributed by atoms with van der Waals surface area (Å²) < 4.78 is 13.7. The third-order valence-corrected chi connectivity index (χ3v) is 4.08. The van der Waals surface area contributed by atoms with E-state index in [0.29, 0.717) is 27.3 Å². The molecule has 0 heterocycles. The van der Waals surface area contributed by atoms with Crippen molar-refractivity contribution in [2.45, 2.75) is 6.54 Å². The first kappa shape index (κ1) is 16.1. The summed E-state index contributed by atoms with van der Waals surface area (Å²) in [5, 5.41) is 3.73. The predicted molar refractivity (Wildman–Crippen MR) is 86.4 cm³/mol. The fourth-order valence-electron chi connectivity index (χ4n) is 1.74. The Labute approximate surface area is 139 Å². The van der Waals surface area contributed by atoms with Crippen LogP contribution in [0, 0.1) is 5.82 Å². The highest BCUT2D eigenvalue weighted by Crippen LogP contribution is 2.32. The minimum absolute atomic E-state index is 0.256. The van der Waals surface area contributed by atoms with Crippen molar-refractivity contribution in [2.75, 3.05) is 5.32 Å². The van der Waals surface area contributed by atoms with Crippen molar-refractivity contribution in [1.29, 1.82) is 0 Å². The minimum atomic E-state index is -0.541. The van der Waals surface area contributed by atoms with Crippen molar-refractivity contribution < 1.29 is 9.18 Å². The Morgan fingerprint density at radius 2 is 1.95 bits per heavy atom. The Bertz CT molecular complexity index is 686. The van der Waals surface area contributed by atoms with Crippen LogP contribution in [0.4, 0.5) is 10.1 Å². The molecule has 0 radical (unpaired) electrons. The first-order valence-corrected chi connectivity index (χ1v) is 7.40. The molecule has 0 fully saturated rings. The van der Waals surface area contributed by atoms with Crippen LogP contribution in [0.1, 0.15) is 15.9 Å². The van der Waals surface area contributed by atoms with E-state index in [9.17, 15) is 9.18 Å². The third-order valence-electron chi connectivity index (χ3n) is 2.80. The third kappa shape index (κ3) is 3.87. The number of rotatable bonds is 4. The standard InChI is InChI=1S/C14H10BrCl2FN2O/c15-10-4-9(18)5-12(17)13(10)20-6-8-2-1-7(14(19)21)3-11(8)16/h1-5,20H,6H2,(H2,19,21). The second kappa shape index (κ2) is 6.64. The lowest BCUT2D eigenvalue weighted by Crippen LogP contribution is -2.11. The van der Waals surface area contributed by atoms with Crippen molar-refractivity contribution in [2.24, 2.45) is 5.73 Å². The normalized spacial score (nSPS) is 10.5. The van der Waals surface area contributed by atoms with E-state index in [2.05, 4.69) is 21.2 Å². The lowest BCUT2D eigenvalue weighted by atomic mass is 10.1. The van der Waals surface area contributed by atoms with Gasteiger partial charge in [-0.25, -0.2) is 4.39 Å². The molecule has 3 nitrogen and oxygen atoms in total. The maximum Gasteiger partial charge on any atom is 0.248 e. The molecule has 0 aromatic heterocycles. The first-order chi connectivity index (χ1) is 9.88. The van der Waals surface area contributed by atoms with Gasteiger partial charge in [0.25, 0.3) is 0 Å². The number of halogens is 4. The smallest absolute Gasteiger partial charge is 0.248 e. The van der Waals surface area contributed by atoms with Gasteiger partial charge in [-0.3, -0.25) is 4.79 Å². The van der Waals surface area contributed by atoms with Gasteiger partial charge < -0.3 is 11.1 Å². The van der Waals surface area contributed by atoms with Gasteiger partial charge in [0, 0.05) is 21.6 Å². The molecule has 7 heteroatoms. The summed E-state index contributed by atoms with van der Waals surface area (Å²) >= 11 is 15.3. The molecule has 0 aliphatic carbocycles. The van der Waals surface area contributed by atoms with Crippen LogP contribution in [-0.2, 0) is 6.54 Å². The Hall–Kier alpha value is -1.30. The van der Waals surface area contributed by atoms with Crippen molar-refractivity contribution in [3.8, 4) is 0 Å². The predicted octanol–water partition coefficient (Wildman–Crippen LogP) is 4.61. The van der Waals surface area contributed by atoms with Crippen LogP contribution in [0.25, 0.3) is 0 Å². The Balaban J connectivity index is 2.19. The monoisotopic (exact) mass is 390 g/mol. The average molecular weight is 392 g/mol. The average Bonchev–Trinajstić information content (AvgIpc) is 2.38. The van der Waals surface area contributed by atoms with Gasteiger partial charge in [0.05, 0.1) is 10.7 Å². The molecule has 2 rings (SSSR count). The number of primary amides is 1. The van der Waals surface area contributed by atoms with Crippen LogP contribution in [-0.4, -0.2) is 5.91 Å². The van der Waals surface area contributed by atoms with E-state index < -0.39 is 11.7 Å². The van der Waals surface area contributed by atoms with Crippen molar-refractivity contribution in [3.05, 3.63) is 61.8 Å². The highest BCUT2D eigenvalue weighted by molar-refractivity contribution is 9.10. The number of nitrogens with two attached hydrogens (primary N) is 1. The van der Waals surface area contributed by atoms with E-state index in [0.717, 1.165) is 5.56 Å². The molecule has 0 spiro atoms. The van der Waals surface area contributed by atoms with E-state index >= 15 is 0 Å². The van der Waals surface area contributed by atoms with Crippen LogP contribution in [0.3, 0.4) is 0 Å². The second-order valence-electron chi connectivity index (χ2n) is 4.27. The molecule has 0 saturated heterocycles. The number of carbonyl (C=O) groups excluding carboxylic acids is 1. The van der Waals surface area contributed by atoms with Crippen molar-refractivity contribution in [3.63, 3.8) is 0 Å². The van der Waals surface area contributed by atoms with Gasteiger partial charge in [-0.2, -0.15) is 0 Å². The Morgan fingerprint density at radius 3 is 2.52 bits per heavy atom. The Kier molecular flexibility index (Phi) is 5.08. The molecule has 1 amide bonds. The highest BCUT2D eigenvalue weighted by atomic mass is 79.9. The molecule has 0 aliphatic rings. The minimum Gasteiger partial charge on any atom is -0.379 e. The lowest BCUT2D eigenvalue weighted by molar-refractivity contribution is 0.100. The number of hydrogen-bond donors (Lipinski definition) is 2. The van der Waals surface area contributed by atoms with E-state index in [-0.39, 0.29) is 5.02 Å². The van der Waals surface area contributed by atoms with Crippen molar-refractivity contribution >= 4 is 50.7 Å². The zero-order valence-corrected chi connectivity index (χ0v) is 13.7. The summed E-state index contributed by atoms with van der Waals surface area (Å²) in [7, 11) is 0. The SMILES string of the molecule is NC(=O)c1ccc(CNc2c(Cl)cc(F)cc2Br)c(Cl)c1. The van der Waals surface area contributed by atoms with Gasteiger partial charge in [0.15, 0.2) is 0 Å². The molecule has 3 N–H and O–H groups in total. The van der Waals surface area contributed by atoms with Gasteiger partial charge in [-0.15, -0.1) is 0 Å². The summed E-state index contributed by atoms with van der Waals surface area (Å²) in [4.78, 5) is 11.1. The first-order valence-electron chi connectivity index (χ1n) is 5.85. The fraction of sp³-hybridized carbons (Fsp3) is 0.0714. The topological polar surface area (TPSA) is 55.1 Å². The largest absolute Gasteiger partial charge is 0.379 e. The maximum absolute atomic E-state index is 13.1. The number of anilines is 1. The summed E-state index contributed by atoms with van der Waals surface area (Å²) in [6.45, 7) is 0.363. The molecule has 0 saturated carbocycles. The molecule has 0 unspecified atom stereocenters. The summed E-state index contributed by atoms with van der Waals surface area (Å²) in [5.74, 6) is -0.970. The summed E-state index contributed by atoms with van der Waals surface area (Å²) in [6.07, 6.45) is 0. The van der Waals surface area contributed by atoms with E-state index in [1.54, 1.807) is 12.1 Å². The highest BCUT2D eigenvalue weighted by Gasteiger charge is 2.10. The maximum atomic E-state index is 13.1. The molecule has 0 atom stereocenters. The molecule has 2 aromatic carbocycles. The van der Waals surface area contributed by atoms with Crippen LogP contribution < -0.4 is 11.1 Å². The summed E-state index contributed by atoms with van der Waals surface area (Å²) in [6, 6.07) is 7.31. The zero-order valence-electron chi connectivity index (χ0n) is 10.6. The van der Waals surface area contributed by atoms with Crippen molar-refractivity contribution in [1.82, 2.24) is 0 Å². The molecule has 110 valence electrons. The second-order valence-corrected chi connectivity index (χ2v) is 5.94. The van der Waals surface area contributed by atoms with Gasteiger partial charge in [-0.05, 0) is 45.8 Å². The number of benzene rings is 2. The van der Waals surface area contributed by atoms with Crippen LogP contribution in [0.5, 0.6) is 0 Å². The summed E-state index contributed by atoms with van der Waals surface area (Å²) in [5.41, 5.74) is 6.84. The molecular weight excluding hydrogens is 382 g/mol. The zero-order chi connectivity index (χ0) is 15.6. The van der Waals surface area contributed by atoms with E-state index in [1.807, 2.05) is 0 Å².